The van der Waals surface area contributed by atoms with Gasteiger partial charge in [-0.05, 0) is 52.6 Å². The van der Waals surface area contributed by atoms with Gasteiger partial charge in [-0.1, -0.05) is 26.7 Å². The van der Waals surface area contributed by atoms with Crippen LogP contribution in [0.2, 0.25) is 0 Å². The van der Waals surface area contributed by atoms with Crippen LogP contribution in [0.1, 0.15) is 60.3 Å². The van der Waals surface area contributed by atoms with Gasteiger partial charge in [-0.15, -0.1) is 24.0 Å². The summed E-state index contributed by atoms with van der Waals surface area (Å²) in [5.41, 5.74) is 4.81. The fourth-order valence-electron chi connectivity index (χ4n) is 3.11. The van der Waals surface area contributed by atoms with E-state index in [9.17, 15) is 4.79 Å². The third-order valence-electron chi connectivity index (χ3n) is 5.00. The largest absolute Gasteiger partial charge is 0.369 e. The van der Waals surface area contributed by atoms with Crippen molar-refractivity contribution in [2.75, 3.05) is 32.7 Å². The van der Waals surface area contributed by atoms with Gasteiger partial charge in [0, 0.05) is 19.1 Å². The summed E-state index contributed by atoms with van der Waals surface area (Å²) in [6, 6.07) is 0.492. The number of rotatable bonds is 8. The van der Waals surface area contributed by atoms with Gasteiger partial charge in [0.1, 0.15) is 0 Å². The molecule has 1 saturated heterocycles. The maximum absolute atomic E-state index is 11.5. The number of aliphatic imine (C=N–C) groups is 1. The molecule has 0 aromatic heterocycles. The highest BCUT2D eigenvalue weighted by molar-refractivity contribution is 14.0. The van der Waals surface area contributed by atoms with Crippen LogP contribution >= 0.6 is 24.0 Å². The van der Waals surface area contributed by atoms with Crippen LogP contribution in [-0.2, 0) is 4.79 Å². The zero-order valence-corrected chi connectivity index (χ0v) is 19.6. The highest BCUT2D eigenvalue weighted by Crippen LogP contribution is 2.17. The molecular weight excluding hydrogens is 441 g/mol. The Morgan fingerprint density at radius 3 is 2.19 bits per heavy atom. The Labute approximate surface area is 177 Å². The molecule has 1 atom stereocenters. The lowest BCUT2D eigenvalue weighted by Gasteiger charge is -2.34. The van der Waals surface area contributed by atoms with E-state index in [4.69, 9.17) is 5.73 Å². The average molecular weight is 481 g/mol. The highest BCUT2D eigenvalue weighted by atomic mass is 127. The fourth-order valence-corrected chi connectivity index (χ4v) is 3.11. The highest BCUT2D eigenvalue weighted by Gasteiger charge is 2.25. The van der Waals surface area contributed by atoms with E-state index < -0.39 is 5.41 Å². The SMILES string of the molecule is CCNC(=NCC(C)(C)C(N)=O)NCC(C(C)C)N1CCCCCC1.I. The van der Waals surface area contributed by atoms with Crippen LogP contribution in [-0.4, -0.2) is 55.5 Å². The predicted octanol–water partition coefficient (Wildman–Crippen LogP) is 2.57. The van der Waals surface area contributed by atoms with Gasteiger partial charge in [0.05, 0.1) is 12.0 Å². The van der Waals surface area contributed by atoms with E-state index in [1.165, 1.54) is 38.8 Å². The Hall–Kier alpha value is -0.570. The summed E-state index contributed by atoms with van der Waals surface area (Å²) < 4.78 is 0. The molecule has 0 aliphatic carbocycles. The van der Waals surface area contributed by atoms with Crippen LogP contribution in [0.25, 0.3) is 0 Å². The first-order valence-corrected chi connectivity index (χ1v) is 9.84. The van der Waals surface area contributed by atoms with E-state index in [0.29, 0.717) is 18.5 Å². The molecule has 0 aromatic rings. The number of nitrogens with one attached hydrogen (secondary N) is 2. The standard InChI is InChI=1S/C19H39N5O.HI/c1-6-21-18(23-14-19(4,5)17(20)25)22-13-16(15(2)3)24-11-9-7-8-10-12-24;/h15-16H,6-14H2,1-5H3,(H2,20,25)(H2,21,22,23);1H. The van der Waals surface area contributed by atoms with E-state index in [1.807, 2.05) is 20.8 Å². The maximum Gasteiger partial charge on any atom is 0.224 e. The molecule has 0 aromatic carbocycles. The molecule has 0 saturated carbocycles. The van der Waals surface area contributed by atoms with Crippen molar-refractivity contribution in [2.24, 2.45) is 22.1 Å². The average Bonchev–Trinajstić information content (AvgIpc) is 2.81. The number of carbonyl (C=O) groups is 1. The number of carbonyl (C=O) groups excluding carboxylic acids is 1. The summed E-state index contributed by atoms with van der Waals surface area (Å²) in [5, 5.41) is 6.75. The molecule has 1 amide bonds. The lowest BCUT2D eigenvalue weighted by atomic mass is 9.93. The topological polar surface area (TPSA) is 82.7 Å². The van der Waals surface area contributed by atoms with Gasteiger partial charge in [-0.3, -0.25) is 14.7 Å². The van der Waals surface area contributed by atoms with Gasteiger partial charge in [-0.2, -0.15) is 0 Å². The maximum atomic E-state index is 11.5. The van der Waals surface area contributed by atoms with Gasteiger partial charge in [-0.25, -0.2) is 0 Å². The Morgan fingerprint density at radius 1 is 1.15 bits per heavy atom. The zero-order chi connectivity index (χ0) is 18.9. The number of hydrogen-bond donors (Lipinski definition) is 3. The van der Waals surface area contributed by atoms with Crippen molar-refractivity contribution in [1.29, 1.82) is 0 Å². The van der Waals surface area contributed by atoms with Crippen molar-refractivity contribution >= 4 is 35.8 Å². The molecule has 1 rings (SSSR count). The lowest BCUT2D eigenvalue weighted by molar-refractivity contribution is -0.125. The molecule has 0 radical (unpaired) electrons. The smallest absolute Gasteiger partial charge is 0.224 e. The molecule has 1 unspecified atom stereocenters. The van der Waals surface area contributed by atoms with Crippen molar-refractivity contribution in [3.05, 3.63) is 0 Å². The molecule has 1 aliphatic heterocycles. The van der Waals surface area contributed by atoms with Gasteiger partial charge >= 0.3 is 0 Å². The van der Waals surface area contributed by atoms with Crippen molar-refractivity contribution in [2.45, 2.75) is 66.3 Å². The number of hydrogen-bond acceptors (Lipinski definition) is 3. The molecule has 1 fully saturated rings. The van der Waals surface area contributed by atoms with E-state index in [-0.39, 0.29) is 29.9 Å². The molecule has 6 nitrogen and oxygen atoms in total. The zero-order valence-electron chi connectivity index (χ0n) is 17.3. The first-order valence-electron chi connectivity index (χ1n) is 9.84. The van der Waals surface area contributed by atoms with Crippen LogP contribution in [0.4, 0.5) is 0 Å². The Morgan fingerprint density at radius 2 is 1.73 bits per heavy atom. The first-order chi connectivity index (χ1) is 11.8. The molecule has 4 N–H and O–H groups in total. The molecule has 0 spiro atoms. The molecule has 7 heteroatoms. The van der Waals surface area contributed by atoms with Crippen molar-refractivity contribution in [1.82, 2.24) is 15.5 Å². The van der Waals surface area contributed by atoms with E-state index >= 15 is 0 Å². The molecule has 1 heterocycles. The van der Waals surface area contributed by atoms with Crippen LogP contribution in [0.5, 0.6) is 0 Å². The normalized spacial score (nSPS) is 18.0. The number of likely N-dealkylation sites (tertiary alicyclic amines) is 1. The van der Waals surface area contributed by atoms with Gasteiger partial charge < -0.3 is 16.4 Å². The van der Waals surface area contributed by atoms with E-state index in [0.717, 1.165) is 19.0 Å². The molecule has 154 valence electrons. The number of primary amides is 1. The Kier molecular flexibility index (Phi) is 12.5. The number of halogens is 1. The second-order valence-corrected chi connectivity index (χ2v) is 8.09. The second kappa shape index (κ2) is 12.8. The van der Waals surface area contributed by atoms with Crippen LogP contribution in [0.3, 0.4) is 0 Å². The number of nitrogens with zero attached hydrogens (tertiary/aromatic N) is 2. The summed E-state index contributed by atoms with van der Waals surface area (Å²) in [6.45, 7) is 14.7. The van der Waals surface area contributed by atoms with Crippen molar-refractivity contribution in [3.63, 3.8) is 0 Å². The minimum absolute atomic E-state index is 0. The monoisotopic (exact) mass is 481 g/mol. The summed E-state index contributed by atoms with van der Waals surface area (Å²) in [6.07, 6.45) is 5.29. The number of amides is 1. The molecule has 0 bridgehead atoms. The fraction of sp³-hybridized carbons (Fsp3) is 0.895. The van der Waals surface area contributed by atoms with Gasteiger partial charge in [0.25, 0.3) is 0 Å². The lowest BCUT2D eigenvalue weighted by Crippen LogP contribution is -2.50. The minimum atomic E-state index is -0.634. The third kappa shape index (κ3) is 8.88. The van der Waals surface area contributed by atoms with Gasteiger partial charge in [0.2, 0.25) is 5.91 Å². The second-order valence-electron chi connectivity index (χ2n) is 8.09. The quantitative estimate of drug-likeness (QED) is 0.283. The summed E-state index contributed by atoms with van der Waals surface area (Å²) in [7, 11) is 0. The molecule has 1 aliphatic rings. The third-order valence-corrected chi connectivity index (χ3v) is 5.00. The van der Waals surface area contributed by atoms with Crippen LogP contribution < -0.4 is 16.4 Å². The summed E-state index contributed by atoms with van der Waals surface area (Å²) >= 11 is 0. The predicted molar refractivity (Wildman–Crippen MR) is 121 cm³/mol. The number of guanidine groups is 1. The summed E-state index contributed by atoms with van der Waals surface area (Å²) in [5.74, 6) is 1.02. The Balaban J connectivity index is 0.00000625. The van der Waals surface area contributed by atoms with Crippen LogP contribution in [0, 0.1) is 11.3 Å². The van der Waals surface area contributed by atoms with Crippen molar-refractivity contribution < 1.29 is 4.79 Å². The van der Waals surface area contributed by atoms with E-state index in [1.54, 1.807) is 0 Å². The number of nitrogens with two attached hydrogens (primary N) is 1. The summed E-state index contributed by atoms with van der Waals surface area (Å²) in [4.78, 5) is 18.7. The van der Waals surface area contributed by atoms with Gasteiger partial charge in [0.15, 0.2) is 5.96 Å². The van der Waals surface area contributed by atoms with E-state index in [2.05, 4.69) is 34.4 Å². The Bertz CT molecular complexity index is 432. The minimum Gasteiger partial charge on any atom is -0.369 e. The molecular formula is C19H40IN5O. The van der Waals surface area contributed by atoms with Crippen LogP contribution in [0.15, 0.2) is 4.99 Å². The first kappa shape index (κ1) is 25.4. The van der Waals surface area contributed by atoms with Crippen molar-refractivity contribution in [3.8, 4) is 0 Å². The molecule has 26 heavy (non-hydrogen) atoms.